The fourth-order valence-corrected chi connectivity index (χ4v) is 1.68. The van der Waals surface area contributed by atoms with Crippen LogP contribution in [0.2, 0.25) is 5.02 Å². The third-order valence-corrected chi connectivity index (χ3v) is 2.62. The highest BCUT2D eigenvalue weighted by molar-refractivity contribution is 6.31. The topological polar surface area (TPSA) is 61.0 Å². The summed E-state index contributed by atoms with van der Waals surface area (Å²) in [6, 6.07) is 7.19. The lowest BCUT2D eigenvalue weighted by atomic mass is 10.2. The Morgan fingerprint density at radius 2 is 2.24 bits per heavy atom. The van der Waals surface area contributed by atoms with Crippen molar-refractivity contribution in [1.82, 2.24) is 10.2 Å². The number of ether oxygens (including phenoxy) is 1. The van der Waals surface area contributed by atoms with Crippen LogP contribution in [0.4, 0.5) is 0 Å². The Morgan fingerprint density at radius 1 is 1.41 bits per heavy atom. The maximum atomic E-state index is 6.03. The molecular weight excluding hydrogens is 238 g/mol. The SMILES string of the molecule is Cc1cnnc(Oc2cccc(Cl)c2CN)c1. The van der Waals surface area contributed by atoms with Crippen LogP contribution in [0.5, 0.6) is 11.6 Å². The molecule has 4 nitrogen and oxygen atoms in total. The Hall–Kier alpha value is -1.65. The number of rotatable bonds is 3. The van der Waals surface area contributed by atoms with Gasteiger partial charge in [-0.25, -0.2) is 0 Å². The van der Waals surface area contributed by atoms with Gasteiger partial charge in [-0.3, -0.25) is 0 Å². The van der Waals surface area contributed by atoms with Crippen LogP contribution in [0.25, 0.3) is 0 Å². The Labute approximate surface area is 104 Å². The highest BCUT2D eigenvalue weighted by Crippen LogP contribution is 2.29. The van der Waals surface area contributed by atoms with Gasteiger partial charge in [0.15, 0.2) is 0 Å². The van der Waals surface area contributed by atoms with Crippen LogP contribution in [0.1, 0.15) is 11.1 Å². The first kappa shape index (κ1) is 11.8. The molecule has 0 aliphatic carbocycles. The molecule has 0 bridgehead atoms. The van der Waals surface area contributed by atoms with Crippen LogP contribution in [-0.2, 0) is 6.54 Å². The van der Waals surface area contributed by atoms with Crippen molar-refractivity contribution in [2.75, 3.05) is 0 Å². The number of hydrogen-bond donors (Lipinski definition) is 1. The minimum Gasteiger partial charge on any atom is -0.437 e. The first-order valence-corrected chi connectivity index (χ1v) is 5.53. The van der Waals surface area contributed by atoms with E-state index in [9.17, 15) is 0 Å². The molecule has 0 radical (unpaired) electrons. The van der Waals surface area contributed by atoms with E-state index >= 15 is 0 Å². The quantitative estimate of drug-likeness (QED) is 0.909. The van der Waals surface area contributed by atoms with E-state index in [1.807, 2.05) is 6.92 Å². The molecule has 0 fully saturated rings. The van der Waals surface area contributed by atoms with Gasteiger partial charge in [0.2, 0.25) is 5.88 Å². The Kier molecular flexibility index (Phi) is 3.56. The second kappa shape index (κ2) is 5.12. The Bertz CT molecular complexity index is 531. The molecule has 0 aliphatic rings. The van der Waals surface area contributed by atoms with Gasteiger partial charge in [0.05, 0.1) is 6.20 Å². The molecule has 0 unspecified atom stereocenters. The van der Waals surface area contributed by atoms with Crippen LogP contribution in [0.3, 0.4) is 0 Å². The van der Waals surface area contributed by atoms with Gasteiger partial charge in [-0.1, -0.05) is 17.7 Å². The van der Waals surface area contributed by atoms with Gasteiger partial charge in [-0.2, -0.15) is 5.10 Å². The van der Waals surface area contributed by atoms with E-state index in [-0.39, 0.29) is 0 Å². The van der Waals surface area contributed by atoms with Crippen molar-refractivity contribution in [2.24, 2.45) is 5.73 Å². The predicted molar refractivity (Wildman–Crippen MR) is 66.2 cm³/mol. The molecule has 2 aromatic rings. The number of nitrogens with two attached hydrogens (primary N) is 1. The monoisotopic (exact) mass is 249 g/mol. The largest absolute Gasteiger partial charge is 0.437 e. The lowest BCUT2D eigenvalue weighted by Gasteiger charge is -2.10. The highest BCUT2D eigenvalue weighted by atomic mass is 35.5. The molecule has 2 N–H and O–H groups in total. The second-order valence-corrected chi connectivity index (χ2v) is 4.00. The summed E-state index contributed by atoms with van der Waals surface area (Å²) in [6.45, 7) is 2.23. The molecular formula is C12H12ClN3O. The van der Waals surface area contributed by atoms with E-state index in [0.29, 0.717) is 23.2 Å². The average molecular weight is 250 g/mol. The Morgan fingerprint density at radius 3 is 2.94 bits per heavy atom. The molecule has 0 aliphatic heterocycles. The summed E-state index contributed by atoms with van der Waals surface area (Å²) in [6.07, 6.45) is 1.66. The van der Waals surface area contributed by atoms with Gasteiger partial charge in [0, 0.05) is 23.2 Å². The van der Waals surface area contributed by atoms with E-state index in [4.69, 9.17) is 22.1 Å². The minimum atomic E-state index is 0.314. The summed E-state index contributed by atoms with van der Waals surface area (Å²) in [5.41, 5.74) is 7.37. The maximum Gasteiger partial charge on any atom is 0.239 e. The summed E-state index contributed by atoms with van der Waals surface area (Å²) in [7, 11) is 0. The van der Waals surface area contributed by atoms with Gasteiger partial charge < -0.3 is 10.5 Å². The number of halogens is 1. The van der Waals surface area contributed by atoms with Gasteiger partial charge in [-0.15, -0.1) is 5.10 Å². The molecule has 17 heavy (non-hydrogen) atoms. The molecule has 0 saturated heterocycles. The Balaban J connectivity index is 2.33. The molecule has 2 rings (SSSR count). The fraction of sp³-hybridized carbons (Fsp3) is 0.167. The lowest BCUT2D eigenvalue weighted by Crippen LogP contribution is -2.01. The van der Waals surface area contributed by atoms with Gasteiger partial charge >= 0.3 is 0 Å². The first-order valence-electron chi connectivity index (χ1n) is 5.15. The van der Waals surface area contributed by atoms with E-state index in [0.717, 1.165) is 11.1 Å². The summed E-state index contributed by atoms with van der Waals surface area (Å²) in [4.78, 5) is 0. The molecule has 1 heterocycles. The zero-order chi connectivity index (χ0) is 12.3. The number of aromatic nitrogens is 2. The van der Waals surface area contributed by atoms with Gasteiger partial charge in [-0.05, 0) is 24.6 Å². The molecule has 0 amide bonds. The van der Waals surface area contributed by atoms with Crippen LogP contribution in [-0.4, -0.2) is 10.2 Å². The molecule has 0 saturated carbocycles. The molecule has 1 aromatic carbocycles. The second-order valence-electron chi connectivity index (χ2n) is 3.59. The summed E-state index contributed by atoms with van der Waals surface area (Å²) < 4.78 is 5.62. The highest BCUT2D eigenvalue weighted by Gasteiger charge is 2.08. The maximum absolute atomic E-state index is 6.03. The van der Waals surface area contributed by atoms with Crippen molar-refractivity contribution in [2.45, 2.75) is 13.5 Å². The van der Waals surface area contributed by atoms with Crippen molar-refractivity contribution in [3.8, 4) is 11.6 Å². The van der Waals surface area contributed by atoms with Gasteiger partial charge in [0.1, 0.15) is 5.75 Å². The lowest BCUT2D eigenvalue weighted by molar-refractivity contribution is 0.449. The average Bonchev–Trinajstić information content (AvgIpc) is 2.29. The molecule has 88 valence electrons. The molecule has 0 atom stereocenters. The predicted octanol–water partition coefficient (Wildman–Crippen LogP) is 2.69. The van der Waals surface area contributed by atoms with Crippen molar-refractivity contribution in [3.63, 3.8) is 0 Å². The van der Waals surface area contributed by atoms with Gasteiger partial charge in [0.25, 0.3) is 0 Å². The minimum absolute atomic E-state index is 0.314. The first-order chi connectivity index (χ1) is 8.20. The van der Waals surface area contributed by atoms with Crippen LogP contribution in [0.15, 0.2) is 30.5 Å². The van der Waals surface area contributed by atoms with Crippen molar-refractivity contribution in [1.29, 1.82) is 0 Å². The summed E-state index contributed by atoms with van der Waals surface area (Å²) in [5, 5.41) is 8.29. The normalized spacial score (nSPS) is 10.3. The van der Waals surface area contributed by atoms with Crippen molar-refractivity contribution >= 4 is 11.6 Å². The van der Waals surface area contributed by atoms with E-state index < -0.39 is 0 Å². The van der Waals surface area contributed by atoms with E-state index in [2.05, 4.69) is 10.2 Å². The van der Waals surface area contributed by atoms with E-state index in [1.165, 1.54) is 0 Å². The zero-order valence-electron chi connectivity index (χ0n) is 9.35. The fourth-order valence-electron chi connectivity index (χ4n) is 1.43. The molecule has 5 heteroatoms. The zero-order valence-corrected chi connectivity index (χ0v) is 10.1. The van der Waals surface area contributed by atoms with Crippen LogP contribution in [0, 0.1) is 6.92 Å². The smallest absolute Gasteiger partial charge is 0.239 e. The van der Waals surface area contributed by atoms with Crippen LogP contribution < -0.4 is 10.5 Å². The number of aryl methyl sites for hydroxylation is 1. The third kappa shape index (κ3) is 2.72. The number of benzene rings is 1. The number of hydrogen-bond acceptors (Lipinski definition) is 4. The number of nitrogens with zero attached hydrogens (tertiary/aromatic N) is 2. The third-order valence-electron chi connectivity index (χ3n) is 2.26. The summed E-state index contributed by atoms with van der Waals surface area (Å²) in [5.74, 6) is 1.04. The molecule has 1 aromatic heterocycles. The summed E-state index contributed by atoms with van der Waals surface area (Å²) >= 11 is 6.03. The van der Waals surface area contributed by atoms with Crippen molar-refractivity contribution < 1.29 is 4.74 Å². The molecule has 0 spiro atoms. The van der Waals surface area contributed by atoms with E-state index in [1.54, 1.807) is 30.5 Å². The standard InChI is InChI=1S/C12H12ClN3O/c1-8-5-12(16-15-7-8)17-11-4-2-3-10(13)9(11)6-14/h2-5,7H,6,14H2,1H3. The van der Waals surface area contributed by atoms with Crippen LogP contribution >= 0.6 is 11.6 Å². The van der Waals surface area contributed by atoms with Crippen molar-refractivity contribution in [3.05, 3.63) is 46.6 Å².